The highest BCUT2D eigenvalue weighted by Crippen LogP contribution is 2.24. The zero-order valence-corrected chi connectivity index (χ0v) is 10.8. The summed E-state index contributed by atoms with van der Waals surface area (Å²) in [6.45, 7) is 1.11. The Labute approximate surface area is 96.8 Å². The molecule has 94 valence electrons. The lowest BCUT2D eigenvalue weighted by Gasteiger charge is -2.28. The molecule has 0 spiro atoms. The normalized spacial score (nSPS) is 31.6. The van der Waals surface area contributed by atoms with Crippen LogP contribution in [0.15, 0.2) is 0 Å². The van der Waals surface area contributed by atoms with Crippen LogP contribution in [0.25, 0.3) is 0 Å². The topological polar surface area (TPSA) is 71.5 Å². The van der Waals surface area contributed by atoms with Gasteiger partial charge < -0.3 is 0 Å². The molecule has 0 aromatic rings. The SMILES string of the molecule is O=S1(=O)CC[C@H](S(=O)(=O)N2CCCCC2)C1. The Morgan fingerprint density at radius 2 is 1.69 bits per heavy atom. The molecule has 1 atom stereocenters. The van der Waals surface area contributed by atoms with Crippen molar-refractivity contribution in [1.82, 2.24) is 4.31 Å². The molecule has 0 aliphatic carbocycles. The first-order chi connectivity index (χ1) is 7.42. The van der Waals surface area contributed by atoms with Crippen molar-refractivity contribution < 1.29 is 16.8 Å². The number of nitrogens with zero attached hydrogens (tertiary/aromatic N) is 1. The van der Waals surface area contributed by atoms with Gasteiger partial charge in [-0.1, -0.05) is 6.42 Å². The summed E-state index contributed by atoms with van der Waals surface area (Å²) in [5, 5.41) is -0.699. The van der Waals surface area contributed by atoms with E-state index in [2.05, 4.69) is 0 Å². The second-order valence-electron chi connectivity index (χ2n) is 4.53. The molecular weight excluding hydrogens is 250 g/mol. The summed E-state index contributed by atoms with van der Waals surface area (Å²) in [4.78, 5) is 0. The molecule has 5 nitrogen and oxygen atoms in total. The van der Waals surface area contributed by atoms with Crippen LogP contribution in [0.5, 0.6) is 0 Å². The first-order valence-corrected chi connectivity index (χ1v) is 8.94. The summed E-state index contributed by atoms with van der Waals surface area (Å²) in [7, 11) is -6.50. The summed E-state index contributed by atoms with van der Waals surface area (Å²) < 4.78 is 48.3. The fourth-order valence-electron chi connectivity index (χ4n) is 2.33. The van der Waals surface area contributed by atoms with Crippen molar-refractivity contribution in [2.24, 2.45) is 0 Å². The van der Waals surface area contributed by atoms with Crippen molar-refractivity contribution >= 4 is 19.9 Å². The van der Waals surface area contributed by atoms with Crippen molar-refractivity contribution in [1.29, 1.82) is 0 Å². The second kappa shape index (κ2) is 4.27. The summed E-state index contributed by atoms with van der Waals surface area (Å²) in [6, 6.07) is 0. The van der Waals surface area contributed by atoms with E-state index in [0.717, 1.165) is 19.3 Å². The molecule has 0 radical (unpaired) electrons. The highest BCUT2D eigenvalue weighted by atomic mass is 32.2. The summed E-state index contributed by atoms with van der Waals surface area (Å²) in [6.07, 6.45) is 3.10. The number of piperidine rings is 1. The lowest BCUT2D eigenvalue weighted by atomic mass is 10.2. The van der Waals surface area contributed by atoms with Crippen LogP contribution in [0.3, 0.4) is 0 Å². The van der Waals surface area contributed by atoms with E-state index in [9.17, 15) is 16.8 Å². The fourth-order valence-corrected chi connectivity index (χ4v) is 6.93. The smallest absolute Gasteiger partial charge is 0.218 e. The molecule has 0 unspecified atom stereocenters. The average molecular weight is 267 g/mol. The van der Waals surface area contributed by atoms with Gasteiger partial charge in [0, 0.05) is 13.1 Å². The zero-order valence-electron chi connectivity index (χ0n) is 9.13. The molecule has 2 saturated heterocycles. The molecule has 2 aliphatic heterocycles. The first kappa shape index (κ1) is 12.3. The molecule has 7 heteroatoms. The van der Waals surface area contributed by atoms with E-state index >= 15 is 0 Å². The van der Waals surface area contributed by atoms with E-state index in [1.807, 2.05) is 0 Å². The number of sulfone groups is 1. The zero-order chi connectivity index (χ0) is 11.8. The highest BCUT2D eigenvalue weighted by molar-refractivity contribution is 7.95. The summed E-state index contributed by atoms with van der Waals surface area (Å²) in [5.41, 5.74) is 0. The van der Waals surface area contributed by atoms with Gasteiger partial charge in [0.2, 0.25) is 10.0 Å². The Hall–Kier alpha value is -0.140. The monoisotopic (exact) mass is 267 g/mol. The highest BCUT2D eigenvalue weighted by Gasteiger charge is 2.40. The number of rotatable bonds is 2. The molecular formula is C9H17NO4S2. The predicted molar refractivity (Wildman–Crippen MR) is 61.4 cm³/mol. The van der Waals surface area contributed by atoms with E-state index in [-0.39, 0.29) is 17.9 Å². The molecule has 0 amide bonds. The van der Waals surface area contributed by atoms with E-state index in [1.165, 1.54) is 4.31 Å². The van der Waals surface area contributed by atoms with Crippen molar-refractivity contribution in [3.8, 4) is 0 Å². The van der Waals surface area contributed by atoms with E-state index in [0.29, 0.717) is 13.1 Å². The molecule has 0 aromatic carbocycles. The molecule has 0 N–H and O–H groups in total. The number of hydrogen-bond acceptors (Lipinski definition) is 4. The van der Waals surface area contributed by atoms with Gasteiger partial charge in [0.05, 0.1) is 16.8 Å². The summed E-state index contributed by atoms with van der Waals surface area (Å²) >= 11 is 0. The van der Waals surface area contributed by atoms with Crippen molar-refractivity contribution in [2.75, 3.05) is 24.6 Å². The molecule has 0 saturated carbocycles. The third-order valence-corrected chi connectivity index (χ3v) is 7.60. The Morgan fingerprint density at radius 3 is 2.19 bits per heavy atom. The van der Waals surface area contributed by atoms with Crippen LogP contribution >= 0.6 is 0 Å². The van der Waals surface area contributed by atoms with Gasteiger partial charge >= 0.3 is 0 Å². The summed E-state index contributed by atoms with van der Waals surface area (Å²) in [5.74, 6) is -0.170. The second-order valence-corrected chi connectivity index (χ2v) is 8.97. The first-order valence-electron chi connectivity index (χ1n) is 5.61. The fraction of sp³-hybridized carbons (Fsp3) is 1.00. The predicted octanol–water partition coefficient (Wildman–Crippen LogP) is -0.0108. The van der Waals surface area contributed by atoms with Crippen LogP contribution in [0.1, 0.15) is 25.7 Å². The van der Waals surface area contributed by atoms with Gasteiger partial charge in [-0.25, -0.2) is 21.1 Å². The standard InChI is InChI=1S/C9H17NO4S2/c11-15(12)7-4-9(8-15)16(13,14)10-5-2-1-3-6-10/h9H,1-8H2/t9-/m0/s1. The van der Waals surface area contributed by atoms with Crippen molar-refractivity contribution in [3.05, 3.63) is 0 Å². The average Bonchev–Trinajstić information content (AvgIpc) is 2.61. The minimum Gasteiger partial charge on any atom is -0.229 e. The van der Waals surface area contributed by atoms with Crippen LogP contribution in [0, 0.1) is 0 Å². The van der Waals surface area contributed by atoms with Crippen LogP contribution in [-0.4, -0.2) is 51.0 Å². The lowest BCUT2D eigenvalue weighted by Crippen LogP contribution is -2.42. The Balaban J connectivity index is 2.13. The minimum absolute atomic E-state index is 0.0186. The van der Waals surface area contributed by atoms with Gasteiger partial charge in [-0.05, 0) is 19.3 Å². The van der Waals surface area contributed by atoms with Crippen molar-refractivity contribution in [2.45, 2.75) is 30.9 Å². The molecule has 16 heavy (non-hydrogen) atoms. The van der Waals surface area contributed by atoms with Crippen LogP contribution in [0.4, 0.5) is 0 Å². The third kappa shape index (κ3) is 2.41. The number of hydrogen-bond donors (Lipinski definition) is 0. The van der Waals surface area contributed by atoms with E-state index in [1.54, 1.807) is 0 Å². The largest absolute Gasteiger partial charge is 0.229 e. The van der Waals surface area contributed by atoms with Gasteiger partial charge in [0.25, 0.3) is 0 Å². The van der Waals surface area contributed by atoms with Crippen LogP contribution in [-0.2, 0) is 19.9 Å². The molecule has 2 fully saturated rings. The molecule has 2 rings (SSSR count). The van der Waals surface area contributed by atoms with Gasteiger partial charge in [-0.3, -0.25) is 0 Å². The maximum absolute atomic E-state index is 12.1. The van der Waals surface area contributed by atoms with Gasteiger partial charge in [-0.2, -0.15) is 0 Å². The quantitative estimate of drug-likeness (QED) is 0.705. The molecule has 0 bridgehead atoms. The molecule has 2 heterocycles. The maximum Gasteiger partial charge on any atom is 0.218 e. The van der Waals surface area contributed by atoms with Gasteiger partial charge in [0.15, 0.2) is 9.84 Å². The minimum atomic E-state index is -3.38. The van der Waals surface area contributed by atoms with Gasteiger partial charge in [-0.15, -0.1) is 0 Å². The number of sulfonamides is 1. The molecule has 0 aromatic heterocycles. The van der Waals surface area contributed by atoms with Gasteiger partial charge in [0.1, 0.15) is 0 Å². The van der Waals surface area contributed by atoms with Crippen LogP contribution < -0.4 is 0 Å². The van der Waals surface area contributed by atoms with E-state index in [4.69, 9.17) is 0 Å². The maximum atomic E-state index is 12.1. The van der Waals surface area contributed by atoms with Crippen LogP contribution in [0.2, 0.25) is 0 Å². The Kier molecular flexibility index (Phi) is 3.29. The van der Waals surface area contributed by atoms with Crippen molar-refractivity contribution in [3.63, 3.8) is 0 Å². The molecule has 2 aliphatic rings. The third-order valence-electron chi connectivity index (χ3n) is 3.29. The Morgan fingerprint density at radius 1 is 1.06 bits per heavy atom. The Bertz CT molecular complexity index is 448. The van der Waals surface area contributed by atoms with E-state index < -0.39 is 25.1 Å². The lowest BCUT2D eigenvalue weighted by molar-refractivity contribution is 0.343.